The van der Waals surface area contributed by atoms with E-state index in [0.717, 1.165) is 17.2 Å². The van der Waals surface area contributed by atoms with Gasteiger partial charge in [-0.25, -0.2) is 10.2 Å². The van der Waals surface area contributed by atoms with Gasteiger partial charge in [0.25, 0.3) is 5.91 Å². The van der Waals surface area contributed by atoms with Gasteiger partial charge >= 0.3 is 5.97 Å². The fourth-order valence-electron chi connectivity index (χ4n) is 3.53. The van der Waals surface area contributed by atoms with Crippen LogP contribution in [-0.2, 0) is 0 Å². The van der Waals surface area contributed by atoms with Crippen LogP contribution in [0.15, 0.2) is 90.0 Å². The molecule has 182 valence electrons. The number of ether oxygens (including phenoxy) is 3. The van der Waals surface area contributed by atoms with Crippen LogP contribution in [0.3, 0.4) is 0 Å². The van der Waals surface area contributed by atoms with Crippen LogP contribution in [-0.4, -0.2) is 31.8 Å². The maximum absolute atomic E-state index is 12.8. The molecule has 0 fully saturated rings. The van der Waals surface area contributed by atoms with E-state index in [1.165, 1.54) is 6.21 Å². The van der Waals surface area contributed by atoms with Crippen LogP contribution in [0, 0.1) is 0 Å². The quantitative estimate of drug-likeness (QED) is 0.145. The standard InChI is InChI=1S/C29H26N2O5/c1-3-18-35-24-15-8-21(9-16-24)28(32)31-30-19-26-25-7-5-4-6-20(25)12-17-27(26)36-29(33)22-10-13-23(34-2)14-11-22/h4-17,19H,3,18H2,1-2H3,(H,31,32). The maximum atomic E-state index is 12.8. The maximum Gasteiger partial charge on any atom is 0.343 e. The van der Waals surface area contributed by atoms with Gasteiger partial charge in [0.1, 0.15) is 17.2 Å². The summed E-state index contributed by atoms with van der Waals surface area (Å²) in [4.78, 5) is 25.3. The SMILES string of the molecule is CCCOc1ccc(C(=O)NN=Cc2c(OC(=O)c3ccc(OC)cc3)ccc3ccccc23)cc1. The zero-order chi connectivity index (χ0) is 25.3. The van der Waals surface area contributed by atoms with Crippen molar-refractivity contribution in [1.29, 1.82) is 0 Å². The van der Waals surface area contributed by atoms with Gasteiger partial charge in [0.2, 0.25) is 0 Å². The van der Waals surface area contributed by atoms with Gasteiger partial charge in [0.15, 0.2) is 0 Å². The lowest BCUT2D eigenvalue weighted by Crippen LogP contribution is -2.17. The number of hydrazone groups is 1. The summed E-state index contributed by atoms with van der Waals surface area (Å²) in [7, 11) is 1.56. The van der Waals surface area contributed by atoms with Gasteiger partial charge in [-0.1, -0.05) is 37.3 Å². The first-order chi connectivity index (χ1) is 17.6. The first-order valence-electron chi connectivity index (χ1n) is 11.5. The van der Waals surface area contributed by atoms with Crippen molar-refractivity contribution in [3.05, 3.63) is 102 Å². The molecular formula is C29H26N2O5. The van der Waals surface area contributed by atoms with Crippen molar-refractivity contribution in [3.63, 3.8) is 0 Å². The van der Waals surface area contributed by atoms with Crippen molar-refractivity contribution in [2.45, 2.75) is 13.3 Å². The van der Waals surface area contributed by atoms with Crippen molar-refractivity contribution in [2.75, 3.05) is 13.7 Å². The molecule has 0 heterocycles. The molecule has 0 spiro atoms. The van der Waals surface area contributed by atoms with Gasteiger partial charge in [0.05, 0.1) is 25.5 Å². The van der Waals surface area contributed by atoms with E-state index in [9.17, 15) is 9.59 Å². The van der Waals surface area contributed by atoms with Gasteiger partial charge < -0.3 is 14.2 Å². The summed E-state index contributed by atoms with van der Waals surface area (Å²) in [6, 6.07) is 24.7. The number of rotatable bonds is 9. The normalized spacial score (nSPS) is 10.8. The van der Waals surface area contributed by atoms with E-state index >= 15 is 0 Å². The predicted molar refractivity (Wildman–Crippen MR) is 139 cm³/mol. The lowest BCUT2D eigenvalue weighted by atomic mass is 10.0. The van der Waals surface area contributed by atoms with Gasteiger partial charge in [-0.15, -0.1) is 0 Å². The molecule has 0 aliphatic carbocycles. The number of nitrogens with one attached hydrogen (secondary N) is 1. The fraction of sp³-hybridized carbons (Fsp3) is 0.138. The first-order valence-corrected chi connectivity index (χ1v) is 11.5. The summed E-state index contributed by atoms with van der Waals surface area (Å²) in [5.74, 6) is 0.784. The first kappa shape index (κ1) is 24.5. The van der Waals surface area contributed by atoms with E-state index in [2.05, 4.69) is 10.5 Å². The van der Waals surface area contributed by atoms with Crippen molar-refractivity contribution in [2.24, 2.45) is 5.10 Å². The molecule has 7 nitrogen and oxygen atoms in total. The molecule has 7 heteroatoms. The third kappa shape index (κ3) is 5.88. The third-order valence-corrected chi connectivity index (χ3v) is 5.41. The summed E-state index contributed by atoms with van der Waals surface area (Å²) in [6.45, 7) is 2.65. The Morgan fingerprint density at radius 3 is 2.28 bits per heavy atom. The number of carbonyl (C=O) groups excluding carboxylic acids is 2. The molecule has 4 rings (SSSR count). The largest absolute Gasteiger partial charge is 0.497 e. The zero-order valence-electron chi connectivity index (χ0n) is 20.1. The van der Waals surface area contributed by atoms with E-state index in [4.69, 9.17) is 14.2 Å². The molecule has 1 amide bonds. The number of nitrogens with zero attached hydrogens (tertiary/aromatic N) is 1. The second-order valence-electron chi connectivity index (χ2n) is 7.89. The minimum Gasteiger partial charge on any atom is -0.497 e. The molecule has 0 aromatic heterocycles. The van der Waals surface area contributed by atoms with Crippen molar-refractivity contribution in [3.8, 4) is 17.2 Å². The third-order valence-electron chi connectivity index (χ3n) is 5.41. The highest BCUT2D eigenvalue weighted by Gasteiger charge is 2.14. The summed E-state index contributed by atoms with van der Waals surface area (Å²) < 4.78 is 16.4. The fourth-order valence-corrected chi connectivity index (χ4v) is 3.53. The summed E-state index contributed by atoms with van der Waals surface area (Å²) in [6.07, 6.45) is 2.39. The molecule has 4 aromatic rings. The molecule has 0 saturated heterocycles. The average molecular weight is 483 g/mol. The van der Waals surface area contributed by atoms with Crippen molar-refractivity contribution < 1.29 is 23.8 Å². The topological polar surface area (TPSA) is 86.2 Å². The molecule has 0 aliphatic rings. The highest BCUT2D eigenvalue weighted by molar-refractivity contribution is 6.04. The predicted octanol–water partition coefficient (Wildman–Crippen LogP) is 5.62. The molecule has 1 N–H and O–H groups in total. The molecule has 4 aromatic carbocycles. The highest BCUT2D eigenvalue weighted by Crippen LogP contribution is 2.27. The Balaban J connectivity index is 1.54. The Hall–Kier alpha value is -4.65. The number of esters is 1. The molecule has 0 radical (unpaired) electrons. The molecule has 0 bridgehead atoms. The van der Waals surface area contributed by atoms with Gasteiger partial charge in [0, 0.05) is 11.1 Å². The van der Waals surface area contributed by atoms with Crippen LogP contribution < -0.4 is 19.6 Å². The minimum atomic E-state index is -0.517. The second-order valence-corrected chi connectivity index (χ2v) is 7.89. The Labute approximate surface area is 209 Å². The number of hydrogen-bond acceptors (Lipinski definition) is 6. The lowest BCUT2D eigenvalue weighted by Gasteiger charge is -2.11. The van der Waals surface area contributed by atoms with Crippen molar-refractivity contribution >= 4 is 28.9 Å². The molecule has 0 atom stereocenters. The number of fused-ring (bicyclic) bond motifs is 1. The van der Waals surface area contributed by atoms with Gasteiger partial charge in [-0.2, -0.15) is 5.10 Å². The van der Waals surface area contributed by atoms with Crippen LogP contribution >= 0.6 is 0 Å². The monoisotopic (exact) mass is 482 g/mol. The molecule has 0 unspecified atom stereocenters. The summed E-state index contributed by atoms with van der Waals surface area (Å²) in [5.41, 5.74) is 3.93. The number of methoxy groups -OCH3 is 1. The van der Waals surface area contributed by atoms with E-state index in [1.54, 1.807) is 61.7 Å². The summed E-state index contributed by atoms with van der Waals surface area (Å²) >= 11 is 0. The minimum absolute atomic E-state index is 0.324. The lowest BCUT2D eigenvalue weighted by molar-refractivity contribution is 0.0734. The number of benzene rings is 4. The zero-order valence-corrected chi connectivity index (χ0v) is 20.1. The van der Waals surface area contributed by atoms with Crippen LogP contribution in [0.2, 0.25) is 0 Å². The molecule has 36 heavy (non-hydrogen) atoms. The summed E-state index contributed by atoms with van der Waals surface area (Å²) in [5, 5.41) is 5.91. The van der Waals surface area contributed by atoms with E-state index in [-0.39, 0.29) is 5.91 Å². The van der Waals surface area contributed by atoms with Crippen LogP contribution in [0.4, 0.5) is 0 Å². The Morgan fingerprint density at radius 1 is 0.861 bits per heavy atom. The Bertz CT molecular complexity index is 1380. The van der Waals surface area contributed by atoms with Crippen LogP contribution in [0.5, 0.6) is 17.2 Å². The van der Waals surface area contributed by atoms with Gasteiger partial charge in [-0.05, 0) is 71.8 Å². The number of amides is 1. The molecule has 0 saturated carbocycles. The van der Waals surface area contributed by atoms with E-state index in [0.29, 0.717) is 40.5 Å². The molecule has 0 aliphatic heterocycles. The number of carbonyl (C=O) groups is 2. The average Bonchev–Trinajstić information content (AvgIpc) is 2.93. The molecular weight excluding hydrogens is 456 g/mol. The second kappa shape index (κ2) is 11.7. The van der Waals surface area contributed by atoms with E-state index in [1.807, 2.05) is 37.3 Å². The smallest absolute Gasteiger partial charge is 0.343 e. The van der Waals surface area contributed by atoms with E-state index < -0.39 is 5.97 Å². The van der Waals surface area contributed by atoms with Crippen LogP contribution in [0.1, 0.15) is 39.6 Å². The van der Waals surface area contributed by atoms with Gasteiger partial charge in [-0.3, -0.25) is 4.79 Å². The van der Waals surface area contributed by atoms with Crippen LogP contribution in [0.25, 0.3) is 10.8 Å². The number of hydrogen-bond donors (Lipinski definition) is 1. The highest BCUT2D eigenvalue weighted by atomic mass is 16.5. The van der Waals surface area contributed by atoms with Crippen molar-refractivity contribution in [1.82, 2.24) is 5.43 Å². The Morgan fingerprint density at radius 2 is 1.56 bits per heavy atom. The Kier molecular flexibility index (Phi) is 7.93.